The lowest BCUT2D eigenvalue weighted by Crippen LogP contribution is -2.55. The van der Waals surface area contributed by atoms with E-state index in [1.54, 1.807) is 7.05 Å². The molecule has 3 aliphatic heterocycles. The molecule has 3 aliphatic rings. The molecule has 3 heterocycles. The molecule has 30 heavy (non-hydrogen) atoms. The Bertz CT molecular complexity index is 789. The largest absolute Gasteiger partial charge is 0.486 e. The lowest BCUT2D eigenvalue weighted by molar-refractivity contribution is -0.142. The molecule has 1 unspecified atom stereocenters. The van der Waals surface area contributed by atoms with Gasteiger partial charge in [-0.15, -0.1) is 0 Å². The number of nitrogens with one attached hydrogen (secondary N) is 1. The highest BCUT2D eigenvalue weighted by molar-refractivity contribution is 6.32. The molecule has 8 nitrogen and oxygen atoms in total. The van der Waals surface area contributed by atoms with Crippen LogP contribution in [-0.2, 0) is 16.0 Å². The van der Waals surface area contributed by atoms with E-state index in [0.29, 0.717) is 49.4 Å². The van der Waals surface area contributed by atoms with Crippen molar-refractivity contribution in [1.82, 2.24) is 15.1 Å². The first-order valence-corrected chi connectivity index (χ1v) is 11.0. The van der Waals surface area contributed by atoms with Gasteiger partial charge in [-0.3, -0.25) is 9.79 Å². The van der Waals surface area contributed by atoms with Crippen LogP contribution in [0.5, 0.6) is 11.5 Å². The Morgan fingerprint density at radius 2 is 1.93 bits per heavy atom. The molecule has 1 aromatic carbocycles. The highest BCUT2D eigenvalue weighted by Crippen LogP contribution is 2.38. The summed E-state index contributed by atoms with van der Waals surface area (Å²) < 4.78 is 16.8. The molecular formula is C21H29ClN4O4. The maximum absolute atomic E-state index is 12.5. The smallest absolute Gasteiger partial charge is 0.251 e. The van der Waals surface area contributed by atoms with E-state index in [2.05, 4.69) is 15.2 Å². The molecule has 0 aliphatic carbocycles. The molecular weight excluding hydrogens is 408 g/mol. The summed E-state index contributed by atoms with van der Waals surface area (Å²) in [4.78, 5) is 21.0. The Hall–Kier alpha value is -2.19. The van der Waals surface area contributed by atoms with Gasteiger partial charge in [0.2, 0.25) is 0 Å². The van der Waals surface area contributed by atoms with Gasteiger partial charge in [-0.05, 0) is 37.0 Å². The Labute approximate surface area is 182 Å². The van der Waals surface area contributed by atoms with Crippen molar-refractivity contribution in [3.63, 3.8) is 0 Å². The van der Waals surface area contributed by atoms with E-state index in [0.717, 1.165) is 50.4 Å². The molecule has 1 amide bonds. The number of hydrogen-bond acceptors (Lipinski definition) is 5. The zero-order valence-corrected chi connectivity index (χ0v) is 18.1. The third-order valence-electron chi connectivity index (χ3n) is 5.66. The monoisotopic (exact) mass is 436 g/mol. The number of hydrogen-bond donors (Lipinski definition) is 1. The van der Waals surface area contributed by atoms with Crippen LogP contribution in [0.25, 0.3) is 0 Å². The summed E-state index contributed by atoms with van der Waals surface area (Å²) in [5.41, 5.74) is 1.08. The Balaban J connectivity index is 1.26. The fraction of sp³-hybridized carbons (Fsp3) is 0.619. The summed E-state index contributed by atoms with van der Waals surface area (Å²) in [7, 11) is 1.78. The summed E-state index contributed by atoms with van der Waals surface area (Å²) in [6.45, 7) is 5.38. The van der Waals surface area contributed by atoms with Crippen LogP contribution >= 0.6 is 11.6 Å². The Morgan fingerprint density at radius 3 is 2.67 bits per heavy atom. The molecule has 0 bridgehead atoms. The number of benzene rings is 1. The maximum atomic E-state index is 12.5. The zero-order chi connectivity index (χ0) is 20.9. The first kappa shape index (κ1) is 21.1. The topological polar surface area (TPSA) is 75.6 Å². The molecule has 0 spiro atoms. The number of fused-ring (bicyclic) bond motifs is 1. The number of piperazine rings is 1. The van der Waals surface area contributed by atoms with Gasteiger partial charge in [0.1, 0.15) is 19.3 Å². The van der Waals surface area contributed by atoms with E-state index in [1.807, 2.05) is 17.0 Å². The fourth-order valence-electron chi connectivity index (χ4n) is 4.07. The van der Waals surface area contributed by atoms with Gasteiger partial charge >= 0.3 is 0 Å². The lowest BCUT2D eigenvalue weighted by atomic mass is 10.1. The standard InChI is InChI=1S/C21H29ClN4O4/c1-23-21(26-8-6-25(7-9-26)20(27)17-3-2-10-28-17)24-5-4-15-13-16(22)19-18(14-15)29-11-12-30-19/h13-14,17H,2-12H2,1H3,(H,23,24). The van der Waals surface area contributed by atoms with Crippen molar-refractivity contribution in [2.75, 3.05) is 59.6 Å². The molecule has 0 radical (unpaired) electrons. The van der Waals surface area contributed by atoms with Crippen LogP contribution in [0.2, 0.25) is 5.02 Å². The van der Waals surface area contributed by atoms with Gasteiger partial charge in [0.25, 0.3) is 5.91 Å². The molecule has 1 aromatic rings. The van der Waals surface area contributed by atoms with Crippen molar-refractivity contribution >= 4 is 23.5 Å². The van der Waals surface area contributed by atoms with E-state index in [9.17, 15) is 4.79 Å². The van der Waals surface area contributed by atoms with Gasteiger partial charge < -0.3 is 29.3 Å². The number of carbonyl (C=O) groups is 1. The van der Waals surface area contributed by atoms with Crippen molar-refractivity contribution in [3.8, 4) is 11.5 Å². The highest BCUT2D eigenvalue weighted by atomic mass is 35.5. The molecule has 1 atom stereocenters. The summed E-state index contributed by atoms with van der Waals surface area (Å²) in [6, 6.07) is 3.91. The second-order valence-electron chi connectivity index (χ2n) is 7.64. The summed E-state index contributed by atoms with van der Waals surface area (Å²) in [6.07, 6.45) is 2.35. The van der Waals surface area contributed by atoms with Crippen molar-refractivity contribution in [3.05, 3.63) is 22.7 Å². The van der Waals surface area contributed by atoms with Crippen LogP contribution in [0.4, 0.5) is 0 Å². The Kier molecular flexibility index (Phi) is 6.84. The molecule has 0 saturated carbocycles. The summed E-state index contributed by atoms with van der Waals surface area (Å²) >= 11 is 6.33. The van der Waals surface area contributed by atoms with Crippen molar-refractivity contribution < 1.29 is 19.0 Å². The van der Waals surface area contributed by atoms with Crippen LogP contribution < -0.4 is 14.8 Å². The van der Waals surface area contributed by atoms with E-state index < -0.39 is 0 Å². The number of ether oxygens (including phenoxy) is 3. The second-order valence-corrected chi connectivity index (χ2v) is 8.05. The van der Waals surface area contributed by atoms with Crippen LogP contribution in [0.1, 0.15) is 18.4 Å². The van der Waals surface area contributed by atoms with Gasteiger partial charge in [0.05, 0.1) is 5.02 Å². The van der Waals surface area contributed by atoms with Crippen LogP contribution in [0.15, 0.2) is 17.1 Å². The minimum atomic E-state index is -0.244. The maximum Gasteiger partial charge on any atom is 0.251 e. The average molecular weight is 437 g/mol. The van der Waals surface area contributed by atoms with Gasteiger partial charge in [-0.1, -0.05) is 11.6 Å². The van der Waals surface area contributed by atoms with Gasteiger partial charge in [0, 0.05) is 46.4 Å². The number of rotatable bonds is 4. The van der Waals surface area contributed by atoms with Crippen molar-refractivity contribution in [2.45, 2.75) is 25.4 Å². The van der Waals surface area contributed by atoms with E-state index in [-0.39, 0.29) is 12.0 Å². The highest BCUT2D eigenvalue weighted by Gasteiger charge is 2.30. The number of guanidine groups is 1. The molecule has 9 heteroatoms. The fourth-order valence-corrected chi connectivity index (χ4v) is 4.36. The van der Waals surface area contributed by atoms with Crippen LogP contribution in [-0.4, -0.2) is 87.4 Å². The van der Waals surface area contributed by atoms with Crippen LogP contribution in [0, 0.1) is 0 Å². The summed E-state index contributed by atoms with van der Waals surface area (Å²) in [5.74, 6) is 2.32. The predicted octanol–water partition coefficient (Wildman–Crippen LogP) is 1.55. The number of aliphatic imine (C=N–C) groups is 1. The SMILES string of the molecule is CN=C(NCCc1cc(Cl)c2c(c1)OCCO2)N1CCN(C(=O)C2CCCO2)CC1. The number of nitrogens with zero attached hydrogens (tertiary/aromatic N) is 3. The third kappa shape index (κ3) is 4.75. The second kappa shape index (κ2) is 9.75. The molecule has 0 aromatic heterocycles. The van der Waals surface area contributed by atoms with Crippen molar-refractivity contribution in [2.24, 2.45) is 4.99 Å². The zero-order valence-electron chi connectivity index (χ0n) is 17.4. The number of amides is 1. The van der Waals surface area contributed by atoms with Gasteiger partial charge in [-0.25, -0.2) is 0 Å². The molecule has 4 rings (SSSR count). The first-order chi connectivity index (χ1) is 14.7. The molecule has 1 N–H and O–H groups in total. The molecule has 2 saturated heterocycles. The Morgan fingerprint density at radius 1 is 1.17 bits per heavy atom. The minimum Gasteiger partial charge on any atom is -0.486 e. The van der Waals surface area contributed by atoms with Gasteiger partial charge in [-0.2, -0.15) is 0 Å². The minimum absolute atomic E-state index is 0.130. The van der Waals surface area contributed by atoms with E-state index in [4.69, 9.17) is 25.8 Å². The third-order valence-corrected chi connectivity index (χ3v) is 5.94. The first-order valence-electron chi connectivity index (χ1n) is 10.6. The quantitative estimate of drug-likeness (QED) is 0.570. The summed E-state index contributed by atoms with van der Waals surface area (Å²) in [5, 5.41) is 4.00. The van der Waals surface area contributed by atoms with Gasteiger partial charge in [0.15, 0.2) is 17.5 Å². The van der Waals surface area contributed by atoms with Crippen molar-refractivity contribution in [1.29, 1.82) is 0 Å². The number of carbonyl (C=O) groups excluding carboxylic acids is 1. The lowest BCUT2D eigenvalue weighted by Gasteiger charge is -2.37. The molecule has 164 valence electrons. The predicted molar refractivity (Wildman–Crippen MR) is 115 cm³/mol. The molecule has 2 fully saturated rings. The van der Waals surface area contributed by atoms with E-state index >= 15 is 0 Å². The number of halogens is 1. The van der Waals surface area contributed by atoms with E-state index in [1.165, 1.54) is 0 Å². The normalized spacial score (nSPS) is 21.7. The van der Waals surface area contributed by atoms with Crippen LogP contribution in [0.3, 0.4) is 0 Å². The average Bonchev–Trinajstić information content (AvgIpc) is 3.31.